The molecule has 2 aromatic rings. The number of H-pyrrole nitrogens is 1. The number of hydrogen-bond donors (Lipinski definition) is 1. The van der Waals surface area contributed by atoms with Gasteiger partial charge in [-0.1, -0.05) is 0 Å². The molecule has 0 aromatic carbocycles. The first-order chi connectivity index (χ1) is 12.8. The number of carbonyl (C=O) groups excluding carboxylic acids is 1. The number of nitrogens with one attached hydrogen (secondary N) is 1. The maximum Gasteiger partial charge on any atom is 0.432 e. The molecule has 7 nitrogen and oxygen atoms in total. The van der Waals surface area contributed by atoms with Crippen molar-refractivity contribution in [2.45, 2.75) is 31.5 Å². The Labute approximate surface area is 155 Å². The third kappa shape index (κ3) is 4.49. The Kier molecular flexibility index (Phi) is 5.54. The molecule has 1 amide bonds. The number of nitrogens with zero attached hydrogens (tertiary/aromatic N) is 5. The Hall–Kier alpha value is -2.36. The summed E-state index contributed by atoms with van der Waals surface area (Å²) < 4.78 is 40.2. The molecule has 27 heavy (non-hydrogen) atoms. The van der Waals surface area contributed by atoms with Gasteiger partial charge in [-0.15, -0.1) is 0 Å². The lowest BCUT2D eigenvalue weighted by molar-refractivity contribution is -0.141. The molecule has 1 N–H and O–H groups in total. The van der Waals surface area contributed by atoms with Gasteiger partial charge < -0.3 is 14.4 Å². The summed E-state index contributed by atoms with van der Waals surface area (Å²) in [5.74, 6) is 0.478. The number of amides is 1. The van der Waals surface area contributed by atoms with E-state index >= 15 is 0 Å². The van der Waals surface area contributed by atoms with Gasteiger partial charge in [-0.2, -0.15) is 18.3 Å². The molecule has 148 valence electrons. The zero-order valence-electron chi connectivity index (χ0n) is 15.3. The molecule has 3 rings (SSSR count). The second-order valence-electron chi connectivity index (χ2n) is 7.04. The highest BCUT2D eigenvalue weighted by Crippen LogP contribution is 2.29. The molecule has 0 unspecified atom stereocenters. The standard InChI is InChI=1S/C17H23F3N6O/c1-24(2)8-9-25-7-5-21-15(25)12-4-3-6-26(11-12)16(27)13-10-14(23-22-13)17(18,19)20/h5,7,10,12H,3-4,6,8-9,11H2,1-2H3,(H,22,23)/t12-/m0/s1. The summed E-state index contributed by atoms with van der Waals surface area (Å²) in [5.41, 5.74) is -1.22. The van der Waals surface area contributed by atoms with E-state index in [4.69, 9.17) is 0 Å². The van der Waals surface area contributed by atoms with Crippen molar-refractivity contribution in [3.63, 3.8) is 0 Å². The quantitative estimate of drug-likeness (QED) is 0.858. The van der Waals surface area contributed by atoms with E-state index in [2.05, 4.69) is 19.5 Å². The zero-order valence-corrected chi connectivity index (χ0v) is 15.3. The van der Waals surface area contributed by atoms with Gasteiger partial charge in [0, 0.05) is 50.6 Å². The fourth-order valence-corrected chi connectivity index (χ4v) is 3.29. The van der Waals surface area contributed by atoms with E-state index in [1.54, 1.807) is 11.1 Å². The van der Waals surface area contributed by atoms with Crippen LogP contribution in [0.15, 0.2) is 18.5 Å². The summed E-state index contributed by atoms with van der Waals surface area (Å²) in [7, 11) is 3.99. The molecule has 3 heterocycles. The van der Waals surface area contributed by atoms with E-state index in [-0.39, 0.29) is 11.6 Å². The van der Waals surface area contributed by atoms with Crippen molar-refractivity contribution in [2.24, 2.45) is 0 Å². The highest BCUT2D eigenvalue weighted by atomic mass is 19.4. The van der Waals surface area contributed by atoms with Gasteiger partial charge in [0.1, 0.15) is 11.5 Å². The Bertz CT molecular complexity index is 782. The molecule has 0 spiro atoms. The lowest BCUT2D eigenvalue weighted by Crippen LogP contribution is -2.40. The Morgan fingerprint density at radius 1 is 1.41 bits per heavy atom. The molecule has 1 aliphatic heterocycles. The van der Waals surface area contributed by atoms with Crippen molar-refractivity contribution in [3.05, 3.63) is 35.7 Å². The normalized spacial score (nSPS) is 18.3. The van der Waals surface area contributed by atoms with Gasteiger partial charge in [0.05, 0.1) is 0 Å². The summed E-state index contributed by atoms with van der Waals surface area (Å²) in [6.07, 6.45) is 0.774. The molecular weight excluding hydrogens is 361 g/mol. The van der Waals surface area contributed by atoms with E-state index in [0.29, 0.717) is 13.1 Å². The van der Waals surface area contributed by atoms with E-state index in [9.17, 15) is 18.0 Å². The van der Waals surface area contributed by atoms with Gasteiger partial charge in [0.15, 0.2) is 5.69 Å². The molecule has 2 aromatic heterocycles. The molecule has 0 bridgehead atoms. The van der Waals surface area contributed by atoms with Gasteiger partial charge in [-0.05, 0) is 26.9 Å². The summed E-state index contributed by atoms with van der Waals surface area (Å²) >= 11 is 0. The first-order valence-electron chi connectivity index (χ1n) is 8.83. The van der Waals surface area contributed by atoms with Crippen LogP contribution in [-0.2, 0) is 12.7 Å². The van der Waals surface area contributed by atoms with Crippen LogP contribution in [0.4, 0.5) is 13.2 Å². The summed E-state index contributed by atoms with van der Waals surface area (Å²) in [4.78, 5) is 20.7. The molecule has 0 radical (unpaired) electrons. The fraction of sp³-hybridized carbons (Fsp3) is 0.588. The molecule has 10 heteroatoms. The number of carbonyl (C=O) groups is 1. The van der Waals surface area contributed by atoms with E-state index in [1.807, 2.05) is 25.4 Å². The van der Waals surface area contributed by atoms with Crippen molar-refractivity contribution in [1.29, 1.82) is 0 Å². The van der Waals surface area contributed by atoms with Gasteiger partial charge in [0.25, 0.3) is 5.91 Å². The van der Waals surface area contributed by atoms with Crippen molar-refractivity contribution in [3.8, 4) is 0 Å². The van der Waals surface area contributed by atoms with Crippen LogP contribution >= 0.6 is 0 Å². The number of piperidine rings is 1. The van der Waals surface area contributed by atoms with E-state index in [0.717, 1.165) is 37.8 Å². The van der Waals surface area contributed by atoms with Crippen LogP contribution in [0.1, 0.15) is 40.8 Å². The van der Waals surface area contributed by atoms with E-state index in [1.165, 1.54) is 0 Å². The third-order valence-corrected chi connectivity index (χ3v) is 4.71. The average Bonchev–Trinajstić information content (AvgIpc) is 3.28. The molecule has 0 aliphatic carbocycles. The van der Waals surface area contributed by atoms with Crippen LogP contribution in [0, 0.1) is 0 Å². The minimum absolute atomic E-state index is 0.0564. The van der Waals surface area contributed by atoms with E-state index < -0.39 is 17.8 Å². The van der Waals surface area contributed by atoms with Crippen molar-refractivity contribution < 1.29 is 18.0 Å². The Balaban J connectivity index is 1.70. The third-order valence-electron chi connectivity index (χ3n) is 4.71. The molecule has 1 atom stereocenters. The minimum Gasteiger partial charge on any atom is -0.337 e. The monoisotopic (exact) mass is 384 g/mol. The predicted octanol–water partition coefficient (Wildman–Crippen LogP) is 2.21. The lowest BCUT2D eigenvalue weighted by Gasteiger charge is -2.32. The Morgan fingerprint density at radius 3 is 2.85 bits per heavy atom. The zero-order chi connectivity index (χ0) is 19.6. The number of rotatable bonds is 5. The van der Waals surface area contributed by atoms with Crippen molar-refractivity contribution >= 4 is 5.91 Å². The molecule has 0 saturated carbocycles. The second-order valence-corrected chi connectivity index (χ2v) is 7.04. The number of likely N-dealkylation sites (N-methyl/N-ethyl adjacent to an activating group) is 1. The van der Waals surface area contributed by atoms with Gasteiger partial charge in [-0.25, -0.2) is 4.98 Å². The number of hydrogen-bond acceptors (Lipinski definition) is 4. The molecule has 1 aliphatic rings. The second kappa shape index (κ2) is 7.71. The van der Waals surface area contributed by atoms with Gasteiger partial charge in [0.2, 0.25) is 0 Å². The van der Waals surface area contributed by atoms with Crippen LogP contribution in [0.5, 0.6) is 0 Å². The van der Waals surface area contributed by atoms with Crippen LogP contribution in [0.2, 0.25) is 0 Å². The summed E-state index contributed by atoms with van der Waals surface area (Å²) in [6.45, 7) is 2.58. The van der Waals surface area contributed by atoms with Gasteiger partial charge in [-0.3, -0.25) is 9.89 Å². The lowest BCUT2D eigenvalue weighted by atomic mass is 9.96. The smallest absolute Gasteiger partial charge is 0.337 e. The van der Waals surface area contributed by atoms with Crippen LogP contribution in [0.25, 0.3) is 0 Å². The van der Waals surface area contributed by atoms with Crippen molar-refractivity contribution in [1.82, 2.24) is 29.5 Å². The van der Waals surface area contributed by atoms with Crippen LogP contribution in [-0.4, -0.2) is 69.2 Å². The number of aromatic amines is 1. The Morgan fingerprint density at radius 2 is 2.19 bits per heavy atom. The maximum atomic E-state index is 12.7. The number of halogens is 3. The highest BCUT2D eigenvalue weighted by Gasteiger charge is 2.35. The fourth-order valence-electron chi connectivity index (χ4n) is 3.29. The van der Waals surface area contributed by atoms with Gasteiger partial charge >= 0.3 is 6.18 Å². The predicted molar refractivity (Wildman–Crippen MR) is 92.2 cm³/mol. The first kappa shape index (κ1) is 19.4. The topological polar surface area (TPSA) is 70.1 Å². The van der Waals surface area contributed by atoms with Crippen LogP contribution in [0.3, 0.4) is 0 Å². The summed E-state index contributed by atoms with van der Waals surface area (Å²) in [6, 6.07) is 0.768. The molecular formula is C17H23F3N6O. The molecule has 1 saturated heterocycles. The number of likely N-dealkylation sites (tertiary alicyclic amines) is 1. The first-order valence-corrected chi connectivity index (χ1v) is 8.83. The largest absolute Gasteiger partial charge is 0.432 e. The number of alkyl halides is 3. The van der Waals surface area contributed by atoms with Crippen LogP contribution < -0.4 is 0 Å². The number of imidazole rings is 1. The minimum atomic E-state index is -4.55. The van der Waals surface area contributed by atoms with Crippen molar-refractivity contribution in [2.75, 3.05) is 33.7 Å². The number of aromatic nitrogens is 4. The SMILES string of the molecule is CN(C)CCn1ccnc1[C@H]1CCCN(C(=O)c2cc(C(F)(F)F)[nH]n2)C1. The maximum absolute atomic E-state index is 12.7. The average molecular weight is 384 g/mol. The molecule has 1 fully saturated rings. The highest BCUT2D eigenvalue weighted by molar-refractivity contribution is 5.92. The summed E-state index contributed by atoms with van der Waals surface area (Å²) in [5, 5.41) is 5.45.